The predicted molar refractivity (Wildman–Crippen MR) is 125 cm³/mol. The summed E-state index contributed by atoms with van der Waals surface area (Å²) in [6.07, 6.45) is 0.945. The van der Waals surface area contributed by atoms with Gasteiger partial charge in [-0.15, -0.1) is 11.3 Å². The number of nitrogens with one attached hydrogen (secondary N) is 1. The van der Waals surface area contributed by atoms with Crippen LogP contribution < -0.4 is 5.32 Å². The Labute approximate surface area is 192 Å². The highest BCUT2D eigenvalue weighted by Gasteiger charge is 2.27. The monoisotopic (exact) mass is 470 g/mol. The van der Waals surface area contributed by atoms with Crippen LogP contribution in [0.2, 0.25) is 0 Å². The lowest BCUT2D eigenvalue weighted by atomic mass is 10.0. The zero-order valence-corrected chi connectivity index (χ0v) is 19.5. The fraction of sp³-hybridized carbons (Fsp3) is 0.292. The number of hydrogen-bond acceptors (Lipinski definition) is 5. The molecule has 1 aromatic heterocycles. The number of aryl methyl sites for hydroxylation is 1. The molecule has 4 rings (SSSR count). The number of thiophene rings is 1. The van der Waals surface area contributed by atoms with Crippen LogP contribution >= 0.6 is 11.3 Å². The van der Waals surface area contributed by atoms with Gasteiger partial charge in [0.1, 0.15) is 0 Å². The van der Waals surface area contributed by atoms with Crippen LogP contribution in [0.4, 0.5) is 0 Å². The van der Waals surface area contributed by atoms with Crippen LogP contribution in [0, 0.1) is 0 Å². The summed E-state index contributed by atoms with van der Waals surface area (Å²) in [7, 11) is -3.67. The lowest BCUT2D eigenvalue weighted by Crippen LogP contribution is -2.40. The maximum atomic E-state index is 13.2. The number of rotatable bonds is 7. The van der Waals surface area contributed by atoms with Gasteiger partial charge in [-0.05, 0) is 47.2 Å². The number of ether oxygens (including phenoxy) is 1. The first-order valence-electron chi connectivity index (χ1n) is 10.6. The number of nitrogens with zero attached hydrogens (tertiary/aromatic N) is 1. The van der Waals surface area contributed by atoms with E-state index in [0.717, 1.165) is 16.9 Å². The van der Waals surface area contributed by atoms with Gasteiger partial charge in [-0.25, -0.2) is 8.42 Å². The maximum absolute atomic E-state index is 13.2. The SMILES string of the molecule is CCc1ccc([C@H](NC(=O)c2cccc(S(=O)(=O)N3CCOCC3)c2)c2cccs2)cc1. The first-order valence-corrected chi connectivity index (χ1v) is 12.9. The molecule has 1 aliphatic rings. The highest BCUT2D eigenvalue weighted by molar-refractivity contribution is 7.89. The molecule has 0 bridgehead atoms. The molecule has 1 amide bonds. The summed E-state index contributed by atoms with van der Waals surface area (Å²) in [6, 6.07) is 18.1. The van der Waals surface area contributed by atoms with Crippen molar-refractivity contribution in [2.24, 2.45) is 0 Å². The number of sulfonamides is 1. The first-order chi connectivity index (χ1) is 15.5. The third-order valence-corrected chi connectivity index (χ3v) is 8.36. The van der Waals surface area contributed by atoms with E-state index in [1.54, 1.807) is 23.5 Å². The van der Waals surface area contributed by atoms with Crippen molar-refractivity contribution < 1.29 is 17.9 Å². The molecule has 168 valence electrons. The molecule has 1 aliphatic heterocycles. The minimum atomic E-state index is -3.67. The Bertz CT molecular complexity index is 1150. The van der Waals surface area contributed by atoms with Gasteiger partial charge in [0.05, 0.1) is 24.2 Å². The van der Waals surface area contributed by atoms with Crippen molar-refractivity contribution in [3.05, 3.63) is 87.6 Å². The standard InChI is InChI=1S/C24H26N2O4S2/c1-2-18-8-10-19(11-9-18)23(22-7-4-16-31-22)25-24(27)20-5-3-6-21(17-20)32(28,29)26-12-14-30-15-13-26/h3-11,16-17,23H,2,12-15H2,1H3,(H,25,27)/t23-/m0/s1. The Hall–Kier alpha value is -2.52. The molecule has 6 nitrogen and oxygen atoms in total. The van der Waals surface area contributed by atoms with Crippen LogP contribution in [0.3, 0.4) is 0 Å². The third-order valence-electron chi connectivity index (χ3n) is 5.53. The number of carbonyl (C=O) groups is 1. The highest BCUT2D eigenvalue weighted by Crippen LogP contribution is 2.27. The molecule has 0 spiro atoms. The molecule has 0 aliphatic carbocycles. The summed E-state index contributed by atoms with van der Waals surface area (Å²) in [5.41, 5.74) is 2.52. The second-order valence-corrected chi connectivity index (χ2v) is 10.5. The summed E-state index contributed by atoms with van der Waals surface area (Å²) >= 11 is 1.57. The molecule has 2 aromatic carbocycles. The Morgan fingerprint density at radius 1 is 1.09 bits per heavy atom. The van der Waals surface area contributed by atoms with E-state index in [0.29, 0.717) is 31.9 Å². The molecule has 2 heterocycles. The first kappa shape index (κ1) is 22.7. The summed E-state index contributed by atoms with van der Waals surface area (Å²) in [6.45, 7) is 3.48. The normalized spacial score (nSPS) is 15.9. The van der Waals surface area contributed by atoms with Crippen LogP contribution in [-0.2, 0) is 21.2 Å². The van der Waals surface area contributed by atoms with Crippen molar-refractivity contribution >= 4 is 27.3 Å². The van der Waals surface area contributed by atoms with Gasteiger partial charge in [-0.1, -0.05) is 43.3 Å². The molecule has 1 atom stereocenters. The van der Waals surface area contributed by atoms with E-state index in [-0.39, 0.29) is 16.8 Å². The molecular formula is C24H26N2O4S2. The molecule has 3 aromatic rings. The Kier molecular flexibility index (Phi) is 7.05. The van der Waals surface area contributed by atoms with E-state index in [4.69, 9.17) is 4.74 Å². The van der Waals surface area contributed by atoms with Crippen LogP contribution in [-0.4, -0.2) is 44.9 Å². The molecular weight excluding hydrogens is 444 g/mol. The van der Waals surface area contributed by atoms with Crippen molar-refractivity contribution in [1.29, 1.82) is 0 Å². The smallest absolute Gasteiger partial charge is 0.252 e. The lowest BCUT2D eigenvalue weighted by molar-refractivity contribution is 0.0730. The fourth-order valence-electron chi connectivity index (χ4n) is 3.67. The lowest BCUT2D eigenvalue weighted by Gasteiger charge is -2.26. The van der Waals surface area contributed by atoms with E-state index >= 15 is 0 Å². The predicted octanol–water partition coefficient (Wildman–Crippen LogP) is 3.85. The highest BCUT2D eigenvalue weighted by atomic mass is 32.2. The number of carbonyl (C=O) groups excluding carboxylic acids is 1. The van der Waals surface area contributed by atoms with Crippen molar-refractivity contribution in [3.63, 3.8) is 0 Å². The number of hydrogen-bond donors (Lipinski definition) is 1. The molecule has 8 heteroatoms. The third kappa shape index (κ3) is 4.94. The molecule has 32 heavy (non-hydrogen) atoms. The average molecular weight is 471 g/mol. The van der Waals surface area contributed by atoms with Crippen molar-refractivity contribution in [2.75, 3.05) is 26.3 Å². The fourth-order valence-corrected chi connectivity index (χ4v) is 5.93. The molecule has 1 N–H and O–H groups in total. The topological polar surface area (TPSA) is 75.7 Å². The van der Waals surface area contributed by atoms with E-state index in [1.165, 1.54) is 22.0 Å². The van der Waals surface area contributed by atoms with Gasteiger partial charge in [-0.2, -0.15) is 4.31 Å². The molecule has 0 saturated carbocycles. The maximum Gasteiger partial charge on any atom is 0.252 e. The Morgan fingerprint density at radius 2 is 1.84 bits per heavy atom. The summed E-state index contributed by atoms with van der Waals surface area (Å²) in [5.74, 6) is -0.318. The number of amides is 1. The van der Waals surface area contributed by atoms with E-state index in [1.807, 2.05) is 29.6 Å². The van der Waals surface area contributed by atoms with Gasteiger partial charge in [0.2, 0.25) is 10.0 Å². The Morgan fingerprint density at radius 3 is 2.50 bits per heavy atom. The van der Waals surface area contributed by atoms with Crippen LogP contribution in [0.25, 0.3) is 0 Å². The zero-order valence-electron chi connectivity index (χ0n) is 17.9. The van der Waals surface area contributed by atoms with Gasteiger partial charge in [0.25, 0.3) is 5.91 Å². The minimum Gasteiger partial charge on any atom is -0.379 e. The Balaban J connectivity index is 1.59. The average Bonchev–Trinajstić information content (AvgIpc) is 3.38. The molecule has 1 saturated heterocycles. The summed E-state index contributed by atoms with van der Waals surface area (Å²) in [5, 5.41) is 5.07. The zero-order chi connectivity index (χ0) is 22.6. The van der Waals surface area contributed by atoms with Crippen LogP contribution in [0.5, 0.6) is 0 Å². The van der Waals surface area contributed by atoms with E-state index < -0.39 is 10.0 Å². The minimum absolute atomic E-state index is 0.118. The van der Waals surface area contributed by atoms with Crippen LogP contribution in [0.1, 0.15) is 39.3 Å². The van der Waals surface area contributed by atoms with Crippen molar-refractivity contribution in [1.82, 2.24) is 9.62 Å². The van der Waals surface area contributed by atoms with Gasteiger partial charge in [0, 0.05) is 23.5 Å². The summed E-state index contributed by atoms with van der Waals surface area (Å²) < 4.78 is 32.6. The summed E-state index contributed by atoms with van der Waals surface area (Å²) in [4.78, 5) is 14.3. The van der Waals surface area contributed by atoms with Crippen molar-refractivity contribution in [3.8, 4) is 0 Å². The van der Waals surface area contributed by atoms with Gasteiger partial charge < -0.3 is 10.1 Å². The molecule has 0 radical (unpaired) electrons. The second kappa shape index (κ2) is 9.95. The van der Waals surface area contributed by atoms with E-state index in [2.05, 4.69) is 24.4 Å². The largest absolute Gasteiger partial charge is 0.379 e. The van der Waals surface area contributed by atoms with Crippen LogP contribution in [0.15, 0.2) is 70.9 Å². The van der Waals surface area contributed by atoms with E-state index in [9.17, 15) is 13.2 Å². The second-order valence-electron chi connectivity index (χ2n) is 7.56. The van der Waals surface area contributed by atoms with Crippen molar-refractivity contribution in [2.45, 2.75) is 24.3 Å². The quantitative estimate of drug-likeness (QED) is 0.569. The molecule has 0 unspecified atom stereocenters. The van der Waals surface area contributed by atoms with Gasteiger partial charge in [-0.3, -0.25) is 4.79 Å². The number of benzene rings is 2. The van der Waals surface area contributed by atoms with Gasteiger partial charge in [0.15, 0.2) is 0 Å². The number of morpholine rings is 1. The molecule has 1 fully saturated rings. The van der Waals surface area contributed by atoms with Gasteiger partial charge >= 0.3 is 0 Å².